The van der Waals surface area contributed by atoms with E-state index in [0.717, 1.165) is 12.3 Å². The minimum Gasteiger partial charge on any atom is -0.326 e. The number of hydrogen-bond donors (Lipinski definition) is 1. The van der Waals surface area contributed by atoms with Crippen molar-refractivity contribution in [3.8, 4) is 0 Å². The van der Waals surface area contributed by atoms with Gasteiger partial charge in [-0.2, -0.15) is 5.10 Å². The molecule has 0 saturated carbocycles. The third-order valence-electron chi connectivity index (χ3n) is 2.28. The molecule has 16 heavy (non-hydrogen) atoms. The van der Waals surface area contributed by atoms with Gasteiger partial charge in [0, 0.05) is 29.6 Å². The molecule has 3 nitrogen and oxygen atoms in total. The predicted molar refractivity (Wildman–Crippen MR) is 67.3 cm³/mol. The molecule has 0 bridgehead atoms. The summed E-state index contributed by atoms with van der Waals surface area (Å²) < 4.78 is 1.94. The number of aryl methyl sites for hydroxylation is 1. The molecule has 0 aliphatic carbocycles. The van der Waals surface area contributed by atoms with E-state index in [1.54, 1.807) is 6.20 Å². The molecule has 0 radical (unpaired) electrons. The van der Waals surface area contributed by atoms with Crippen LogP contribution in [0.4, 0.5) is 0 Å². The fraction of sp³-hybridized carbons (Fsp3) is 0.250. The number of aromatic nitrogens is 2. The Morgan fingerprint density at radius 3 is 3.00 bits per heavy atom. The van der Waals surface area contributed by atoms with Crippen LogP contribution >= 0.6 is 11.8 Å². The Bertz CT molecular complexity index is 426. The summed E-state index contributed by atoms with van der Waals surface area (Å²) in [6.07, 6.45) is 3.79. The van der Waals surface area contributed by atoms with Gasteiger partial charge < -0.3 is 5.73 Å². The zero-order valence-corrected chi connectivity index (χ0v) is 9.86. The van der Waals surface area contributed by atoms with Gasteiger partial charge in [-0.3, -0.25) is 4.68 Å². The van der Waals surface area contributed by atoms with Crippen molar-refractivity contribution < 1.29 is 0 Å². The molecule has 0 amide bonds. The monoisotopic (exact) mass is 233 g/mol. The van der Waals surface area contributed by atoms with E-state index in [1.807, 2.05) is 28.7 Å². The van der Waals surface area contributed by atoms with Crippen LogP contribution in [0.2, 0.25) is 0 Å². The third-order valence-corrected chi connectivity index (χ3v) is 3.26. The molecule has 0 unspecified atom stereocenters. The Morgan fingerprint density at radius 2 is 2.25 bits per heavy atom. The number of hydrogen-bond acceptors (Lipinski definition) is 3. The maximum Gasteiger partial charge on any atom is 0.0503 e. The van der Waals surface area contributed by atoms with Crippen LogP contribution < -0.4 is 5.73 Å². The molecule has 1 aromatic carbocycles. The van der Waals surface area contributed by atoms with E-state index < -0.39 is 0 Å². The van der Waals surface area contributed by atoms with Crippen molar-refractivity contribution in [1.29, 1.82) is 0 Å². The number of thioether (sulfide) groups is 1. The van der Waals surface area contributed by atoms with Crippen molar-refractivity contribution in [1.82, 2.24) is 9.78 Å². The van der Waals surface area contributed by atoms with E-state index in [9.17, 15) is 0 Å². The average molecular weight is 233 g/mol. The van der Waals surface area contributed by atoms with Crippen LogP contribution in [-0.4, -0.2) is 15.5 Å². The van der Waals surface area contributed by atoms with E-state index in [2.05, 4.69) is 29.4 Å². The summed E-state index contributed by atoms with van der Waals surface area (Å²) in [6.45, 7) is 1.54. The van der Waals surface area contributed by atoms with E-state index in [4.69, 9.17) is 5.73 Å². The van der Waals surface area contributed by atoms with Gasteiger partial charge in [-0.1, -0.05) is 12.1 Å². The second kappa shape index (κ2) is 5.72. The van der Waals surface area contributed by atoms with Crippen molar-refractivity contribution in [2.75, 3.05) is 5.75 Å². The van der Waals surface area contributed by atoms with Gasteiger partial charge in [-0.25, -0.2) is 0 Å². The summed E-state index contributed by atoms with van der Waals surface area (Å²) in [4.78, 5) is 1.27. The fourth-order valence-corrected chi connectivity index (χ4v) is 2.38. The first kappa shape index (κ1) is 11.2. The first-order valence-corrected chi connectivity index (χ1v) is 6.26. The molecule has 2 aromatic rings. The van der Waals surface area contributed by atoms with Crippen molar-refractivity contribution in [2.24, 2.45) is 5.73 Å². The lowest BCUT2D eigenvalue weighted by molar-refractivity contribution is 0.666. The lowest BCUT2D eigenvalue weighted by Crippen LogP contribution is -2.00. The van der Waals surface area contributed by atoms with E-state index in [0.29, 0.717) is 6.54 Å². The Labute approximate surface area is 99.7 Å². The van der Waals surface area contributed by atoms with Gasteiger partial charge in [0.2, 0.25) is 0 Å². The van der Waals surface area contributed by atoms with Gasteiger partial charge in [0.15, 0.2) is 0 Å². The molecule has 2 rings (SSSR count). The highest BCUT2D eigenvalue weighted by molar-refractivity contribution is 7.99. The third kappa shape index (κ3) is 3.12. The Morgan fingerprint density at radius 1 is 1.31 bits per heavy atom. The van der Waals surface area contributed by atoms with E-state index >= 15 is 0 Å². The zero-order chi connectivity index (χ0) is 11.2. The summed E-state index contributed by atoms with van der Waals surface area (Å²) in [5.74, 6) is 1.02. The van der Waals surface area contributed by atoms with Crippen molar-refractivity contribution >= 4 is 11.8 Å². The van der Waals surface area contributed by atoms with E-state index in [1.165, 1.54) is 10.5 Å². The Hall–Kier alpha value is -1.26. The highest BCUT2D eigenvalue weighted by Gasteiger charge is 1.96. The number of nitrogens with zero attached hydrogens (tertiary/aromatic N) is 2. The molecule has 0 spiro atoms. The van der Waals surface area contributed by atoms with Gasteiger partial charge in [0.05, 0.1) is 6.54 Å². The summed E-state index contributed by atoms with van der Waals surface area (Å²) in [6, 6.07) is 10.3. The SMILES string of the molecule is NCc1cccc(SCCn2cccn2)c1. The molecule has 4 heteroatoms. The van der Waals surface area contributed by atoms with Crippen molar-refractivity contribution in [3.63, 3.8) is 0 Å². The number of rotatable bonds is 5. The topological polar surface area (TPSA) is 43.8 Å². The van der Waals surface area contributed by atoms with Crippen LogP contribution in [0, 0.1) is 0 Å². The highest BCUT2D eigenvalue weighted by atomic mass is 32.2. The molecular formula is C12H15N3S. The molecule has 0 saturated heterocycles. The van der Waals surface area contributed by atoms with Crippen LogP contribution in [0.15, 0.2) is 47.6 Å². The first-order valence-electron chi connectivity index (χ1n) is 5.28. The lowest BCUT2D eigenvalue weighted by atomic mass is 10.2. The minimum atomic E-state index is 0.605. The van der Waals surface area contributed by atoms with Gasteiger partial charge in [0.1, 0.15) is 0 Å². The Balaban J connectivity index is 1.85. The predicted octanol–water partition coefficient (Wildman–Crippen LogP) is 2.13. The van der Waals surface area contributed by atoms with Crippen LogP contribution in [0.1, 0.15) is 5.56 Å². The maximum absolute atomic E-state index is 5.60. The molecule has 0 aliphatic rings. The number of nitrogens with two attached hydrogens (primary N) is 1. The molecular weight excluding hydrogens is 218 g/mol. The van der Waals surface area contributed by atoms with Gasteiger partial charge in [0.25, 0.3) is 0 Å². The minimum absolute atomic E-state index is 0.605. The fourth-order valence-electron chi connectivity index (χ4n) is 1.45. The summed E-state index contributed by atoms with van der Waals surface area (Å²) >= 11 is 1.83. The molecule has 1 heterocycles. The Kier molecular flexibility index (Phi) is 4.02. The quantitative estimate of drug-likeness (QED) is 0.805. The van der Waals surface area contributed by atoms with Crippen LogP contribution in [-0.2, 0) is 13.1 Å². The van der Waals surface area contributed by atoms with Crippen LogP contribution in [0.3, 0.4) is 0 Å². The van der Waals surface area contributed by atoms with Gasteiger partial charge in [-0.05, 0) is 23.8 Å². The molecule has 0 atom stereocenters. The summed E-state index contributed by atoms with van der Waals surface area (Å²) in [5.41, 5.74) is 6.79. The molecule has 84 valence electrons. The molecule has 0 fully saturated rings. The second-order valence-electron chi connectivity index (χ2n) is 3.47. The second-order valence-corrected chi connectivity index (χ2v) is 4.64. The normalized spacial score (nSPS) is 10.6. The van der Waals surface area contributed by atoms with Gasteiger partial charge in [-0.15, -0.1) is 11.8 Å². The lowest BCUT2D eigenvalue weighted by Gasteiger charge is -2.04. The molecule has 0 aliphatic heterocycles. The van der Waals surface area contributed by atoms with Gasteiger partial charge >= 0.3 is 0 Å². The average Bonchev–Trinajstić information content (AvgIpc) is 2.82. The largest absolute Gasteiger partial charge is 0.326 e. The molecule has 1 aromatic heterocycles. The van der Waals surface area contributed by atoms with Crippen LogP contribution in [0.25, 0.3) is 0 Å². The first-order chi connectivity index (χ1) is 7.88. The smallest absolute Gasteiger partial charge is 0.0503 e. The van der Waals surface area contributed by atoms with Crippen molar-refractivity contribution in [3.05, 3.63) is 48.3 Å². The van der Waals surface area contributed by atoms with Crippen molar-refractivity contribution in [2.45, 2.75) is 18.0 Å². The molecule has 2 N–H and O–H groups in total. The maximum atomic E-state index is 5.60. The summed E-state index contributed by atoms with van der Waals surface area (Å²) in [5, 5.41) is 4.16. The summed E-state index contributed by atoms with van der Waals surface area (Å²) in [7, 11) is 0. The standard InChI is InChI=1S/C12H15N3S/c13-10-11-3-1-4-12(9-11)16-8-7-15-6-2-5-14-15/h1-6,9H,7-8,10,13H2. The zero-order valence-electron chi connectivity index (χ0n) is 9.04. The number of benzene rings is 1. The highest BCUT2D eigenvalue weighted by Crippen LogP contribution is 2.19. The van der Waals surface area contributed by atoms with E-state index in [-0.39, 0.29) is 0 Å². The van der Waals surface area contributed by atoms with Crippen LogP contribution in [0.5, 0.6) is 0 Å².